The molecule has 0 N–H and O–H groups in total. The number of oxazole rings is 1. The highest BCUT2D eigenvalue weighted by Crippen LogP contribution is 2.29. The Morgan fingerprint density at radius 2 is 2.24 bits per heavy atom. The molecular weight excluding hydrogens is 288 g/mol. The molecule has 2 aromatic heterocycles. The first-order valence-electron chi connectivity index (χ1n) is 6.97. The summed E-state index contributed by atoms with van der Waals surface area (Å²) < 4.78 is 7.77. The summed E-state index contributed by atoms with van der Waals surface area (Å²) in [4.78, 5) is 6.65. The van der Waals surface area contributed by atoms with Crippen LogP contribution < -0.4 is 4.90 Å². The van der Waals surface area contributed by atoms with Crippen molar-refractivity contribution in [3.63, 3.8) is 0 Å². The van der Waals surface area contributed by atoms with E-state index in [0.29, 0.717) is 17.0 Å². The SMILES string of the molecule is Cc1cnn(CC2CN(c3nc4ccc(Cl)cc4o3)C2)c1. The second-order valence-electron chi connectivity index (χ2n) is 5.62. The van der Waals surface area contributed by atoms with Crippen LogP contribution in [0.2, 0.25) is 5.02 Å². The van der Waals surface area contributed by atoms with E-state index in [2.05, 4.69) is 28.1 Å². The topological polar surface area (TPSA) is 47.1 Å². The molecule has 3 aromatic rings. The standard InChI is InChI=1S/C15H15ClN4O/c1-10-5-17-20(6-10)9-11-7-19(8-11)15-18-13-3-2-12(16)4-14(13)21-15/h2-6,11H,7-9H2,1H3. The Morgan fingerprint density at radius 1 is 1.38 bits per heavy atom. The van der Waals surface area contributed by atoms with Gasteiger partial charge in [-0.1, -0.05) is 11.6 Å². The summed E-state index contributed by atoms with van der Waals surface area (Å²) in [5, 5.41) is 4.99. The Kier molecular flexibility index (Phi) is 2.89. The highest BCUT2D eigenvalue weighted by atomic mass is 35.5. The van der Waals surface area contributed by atoms with Crippen molar-refractivity contribution in [1.82, 2.24) is 14.8 Å². The Hall–Kier alpha value is -2.01. The molecule has 0 aliphatic carbocycles. The van der Waals surface area contributed by atoms with Crippen molar-refractivity contribution in [2.24, 2.45) is 5.92 Å². The minimum absolute atomic E-state index is 0.586. The van der Waals surface area contributed by atoms with Crippen molar-refractivity contribution in [2.45, 2.75) is 13.5 Å². The fourth-order valence-corrected chi connectivity index (χ4v) is 2.86. The predicted octanol–water partition coefficient (Wildman–Crippen LogP) is 3.12. The van der Waals surface area contributed by atoms with E-state index in [0.717, 1.165) is 30.7 Å². The van der Waals surface area contributed by atoms with E-state index in [9.17, 15) is 0 Å². The molecule has 21 heavy (non-hydrogen) atoms. The quantitative estimate of drug-likeness (QED) is 0.746. The van der Waals surface area contributed by atoms with Crippen molar-refractivity contribution in [3.8, 4) is 0 Å². The van der Waals surface area contributed by atoms with Crippen LogP contribution in [0.1, 0.15) is 5.56 Å². The number of fused-ring (bicyclic) bond motifs is 1. The molecule has 1 saturated heterocycles. The average Bonchev–Trinajstić information content (AvgIpc) is 2.98. The van der Waals surface area contributed by atoms with E-state index < -0.39 is 0 Å². The number of aryl methyl sites for hydroxylation is 1. The lowest BCUT2D eigenvalue weighted by molar-refractivity contribution is 0.325. The number of anilines is 1. The lowest BCUT2D eigenvalue weighted by atomic mass is 10.0. The summed E-state index contributed by atoms with van der Waals surface area (Å²) >= 11 is 5.96. The Labute approximate surface area is 127 Å². The van der Waals surface area contributed by atoms with Crippen LogP contribution in [0.25, 0.3) is 11.1 Å². The maximum Gasteiger partial charge on any atom is 0.298 e. The summed E-state index contributed by atoms with van der Waals surface area (Å²) in [6, 6.07) is 6.20. The van der Waals surface area contributed by atoms with E-state index in [1.165, 1.54) is 5.56 Å². The highest BCUT2D eigenvalue weighted by molar-refractivity contribution is 6.31. The van der Waals surface area contributed by atoms with Crippen LogP contribution in [0.5, 0.6) is 0 Å². The van der Waals surface area contributed by atoms with Crippen molar-refractivity contribution >= 4 is 28.7 Å². The van der Waals surface area contributed by atoms with Gasteiger partial charge in [0.15, 0.2) is 5.58 Å². The molecule has 1 aromatic carbocycles. The van der Waals surface area contributed by atoms with Crippen LogP contribution in [-0.2, 0) is 6.54 Å². The van der Waals surface area contributed by atoms with Gasteiger partial charge >= 0.3 is 0 Å². The minimum Gasteiger partial charge on any atom is -0.423 e. The largest absolute Gasteiger partial charge is 0.423 e. The molecule has 0 radical (unpaired) electrons. The number of hydrogen-bond donors (Lipinski definition) is 0. The van der Waals surface area contributed by atoms with Gasteiger partial charge in [0, 0.05) is 42.8 Å². The number of aromatic nitrogens is 3. The van der Waals surface area contributed by atoms with Crippen LogP contribution in [-0.4, -0.2) is 27.9 Å². The molecule has 1 fully saturated rings. The molecule has 108 valence electrons. The first-order valence-corrected chi connectivity index (χ1v) is 7.35. The zero-order valence-electron chi connectivity index (χ0n) is 11.7. The predicted molar refractivity (Wildman–Crippen MR) is 81.7 cm³/mol. The smallest absolute Gasteiger partial charge is 0.298 e. The molecule has 0 atom stereocenters. The molecule has 3 heterocycles. The third-order valence-corrected chi connectivity index (χ3v) is 4.01. The number of rotatable bonds is 3. The lowest BCUT2D eigenvalue weighted by Gasteiger charge is -2.37. The highest BCUT2D eigenvalue weighted by Gasteiger charge is 2.30. The number of halogens is 1. The van der Waals surface area contributed by atoms with Crippen LogP contribution in [0.15, 0.2) is 35.0 Å². The fraction of sp³-hybridized carbons (Fsp3) is 0.333. The van der Waals surface area contributed by atoms with Gasteiger partial charge in [0.2, 0.25) is 0 Å². The monoisotopic (exact) mass is 302 g/mol. The van der Waals surface area contributed by atoms with Gasteiger partial charge < -0.3 is 9.32 Å². The van der Waals surface area contributed by atoms with Gasteiger partial charge in [-0.3, -0.25) is 4.68 Å². The molecule has 0 saturated carbocycles. The molecule has 0 spiro atoms. The van der Waals surface area contributed by atoms with Crippen LogP contribution in [0.4, 0.5) is 6.01 Å². The second kappa shape index (κ2) is 4.77. The third kappa shape index (κ3) is 2.38. The average molecular weight is 303 g/mol. The van der Waals surface area contributed by atoms with Crippen LogP contribution in [0, 0.1) is 12.8 Å². The van der Waals surface area contributed by atoms with Gasteiger partial charge in [-0.2, -0.15) is 10.1 Å². The molecule has 0 amide bonds. The van der Waals surface area contributed by atoms with Crippen LogP contribution in [0.3, 0.4) is 0 Å². The summed E-state index contributed by atoms with van der Waals surface area (Å²) in [6.07, 6.45) is 3.96. The van der Waals surface area contributed by atoms with Crippen molar-refractivity contribution in [2.75, 3.05) is 18.0 Å². The molecule has 1 aliphatic heterocycles. The van der Waals surface area contributed by atoms with E-state index >= 15 is 0 Å². The molecule has 0 bridgehead atoms. The maximum absolute atomic E-state index is 5.96. The normalized spacial score (nSPS) is 15.6. The first-order chi connectivity index (χ1) is 10.2. The molecule has 5 nitrogen and oxygen atoms in total. The second-order valence-corrected chi connectivity index (χ2v) is 6.06. The number of hydrogen-bond acceptors (Lipinski definition) is 4. The summed E-state index contributed by atoms with van der Waals surface area (Å²) in [5.41, 5.74) is 2.78. The number of benzene rings is 1. The number of nitrogens with zero attached hydrogens (tertiary/aromatic N) is 4. The van der Waals surface area contributed by atoms with Gasteiger partial charge in [0.1, 0.15) is 5.52 Å². The van der Waals surface area contributed by atoms with Crippen molar-refractivity contribution < 1.29 is 4.42 Å². The molecule has 6 heteroatoms. The Morgan fingerprint density at radius 3 is 3.00 bits per heavy atom. The van der Waals surface area contributed by atoms with Gasteiger partial charge in [0.05, 0.1) is 6.20 Å². The summed E-state index contributed by atoms with van der Waals surface area (Å²) in [5.74, 6) is 0.586. The van der Waals surface area contributed by atoms with Gasteiger partial charge in [0.25, 0.3) is 6.01 Å². The zero-order chi connectivity index (χ0) is 14.4. The maximum atomic E-state index is 5.96. The van der Waals surface area contributed by atoms with Crippen molar-refractivity contribution in [1.29, 1.82) is 0 Å². The van der Waals surface area contributed by atoms with Gasteiger partial charge in [-0.15, -0.1) is 0 Å². The molecule has 1 aliphatic rings. The zero-order valence-corrected chi connectivity index (χ0v) is 12.4. The molecule has 0 unspecified atom stereocenters. The fourth-order valence-electron chi connectivity index (χ4n) is 2.69. The molecule has 4 rings (SSSR count). The van der Waals surface area contributed by atoms with E-state index in [-0.39, 0.29) is 0 Å². The lowest BCUT2D eigenvalue weighted by Crippen LogP contribution is -2.48. The van der Waals surface area contributed by atoms with E-state index in [1.54, 1.807) is 6.07 Å². The Balaban J connectivity index is 1.44. The Bertz CT molecular complexity index is 788. The first kappa shape index (κ1) is 12.7. The van der Waals surface area contributed by atoms with E-state index in [1.807, 2.05) is 23.0 Å². The molecular formula is C15H15ClN4O. The minimum atomic E-state index is 0.586. The van der Waals surface area contributed by atoms with Crippen LogP contribution >= 0.6 is 11.6 Å². The third-order valence-electron chi connectivity index (χ3n) is 3.77. The van der Waals surface area contributed by atoms with Gasteiger partial charge in [-0.25, -0.2) is 0 Å². The van der Waals surface area contributed by atoms with Crippen molar-refractivity contribution in [3.05, 3.63) is 41.2 Å². The summed E-state index contributed by atoms with van der Waals surface area (Å²) in [6.45, 7) is 4.88. The summed E-state index contributed by atoms with van der Waals surface area (Å²) in [7, 11) is 0. The van der Waals surface area contributed by atoms with Gasteiger partial charge in [-0.05, 0) is 24.6 Å². The van der Waals surface area contributed by atoms with E-state index in [4.69, 9.17) is 16.0 Å².